The highest BCUT2D eigenvalue weighted by atomic mass is 32.1. The molecule has 0 unspecified atom stereocenters. The van der Waals surface area contributed by atoms with Crippen LogP contribution in [0.3, 0.4) is 0 Å². The predicted molar refractivity (Wildman–Crippen MR) is 76.8 cm³/mol. The van der Waals surface area contributed by atoms with Crippen LogP contribution in [-0.4, -0.2) is 32.3 Å². The Hall–Kier alpha value is -1.38. The fourth-order valence-corrected chi connectivity index (χ4v) is 2.98. The molecule has 7 nitrogen and oxygen atoms in total. The lowest BCUT2D eigenvalue weighted by molar-refractivity contribution is 0.184. The van der Waals surface area contributed by atoms with Gasteiger partial charge in [-0.15, -0.1) is 15.3 Å². The van der Waals surface area contributed by atoms with Crippen molar-refractivity contribution in [1.82, 2.24) is 25.2 Å². The summed E-state index contributed by atoms with van der Waals surface area (Å²) in [6, 6.07) is 0. The Bertz CT molecular complexity index is 548. The van der Waals surface area contributed by atoms with Crippen molar-refractivity contribution in [2.45, 2.75) is 45.8 Å². The van der Waals surface area contributed by atoms with Gasteiger partial charge in [0, 0.05) is 19.6 Å². The molecule has 0 saturated heterocycles. The summed E-state index contributed by atoms with van der Waals surface area (Å²) in [6.07, 6.45) is 2.03. The molecule has 0 aromatic carbocycles. The van der Waals surface area contributed by atoms with Crippen LogP contribution in [0.25, 0.3) is 5.13 Å². The maximum atomic E-state index is 5.77. The van der Waals surface area contributed by atoms with Crippen LogP contribution in [0, 0.1) is 0 Å². The largest absolute Gasteiger partial charge is 0.377 e. The summed E-state index contributed by atoms with van der Waals surface area (Å²) in [7, 11) is 1.64. The van der Waals surface area contributed by atoms with Crippen LogP contribution in [0.2, 0.25) is 0 Å². The third-order valence-corrected chi connectivity index (χ3v) is 4.12. The van der Waals surface area contributed by atoms with Crippen molar-refractivity contribution >= 4 is 11.3 Å². The highest BCUT2D eigenvalue weighted by molar-refractivity contribution is 7.13. The van der Waals surface area contributed by atoms with Crippen molar-refractivity contribution in [1.29, 1.82) is 0 Å². The highest BCUT2D eigenvalue weighted by Gasteiger charge is 2.22. The Morgan fingerprint density at radius 1 is 1.25 bits per heavy atom. The molecule has 0 radical (unpaired) electrons. The van der Waals surface area contributed by atoms with Gasteiger partial charge >= 0.3 is 0 Å². The molecule has 0 aliphatic rings. The van der Waals surface area contributed by atoms with Gasteiger partial charge in [-0.1, -0.05) is 30.4 Å². The zero-order valence-electron chi connectivity index (χ0n) is 12.0. The van der Waals surface area contributed by atoms with E-state index >= 15 is 0 Å². The number of hydrogen-bond acceptors (Lipinski definition) is 7. The van der Waals surface area contributed by atoms with Crippen LogP contribution in [-0.2, 0) is 17.9 Å². The normalized spacial score (nSPS) is 11.4. The van der Waals surface area contributed by atoms with E-state index < -0.39 is 0 Å². The van der Waals surface area contributed by atoms with Crippen molar-refractivity contribution in [2.75, 3.05) is 7.11 Å². The van der Waals surface area contributed by atoms with Gasteiger partial charge in [-0.25, -0.2) is 0 Å². The molecule has 2 rings (SSSR count). The molecule has 2 N–H and O–H groups in total. The summed E-state index contributed by atoms with van der Waals surface area (Å²) in [4.78, 5) is 0. The van der Waals surface area contributed by atoms with Gasteiger partial charge < -0.3 is 10.5 Å². The topological polar surface area (TPSA) is 91.7 Å². The molecule has 0 atom stereocenters. The number of nitrogens with zero attached hydrogens (tertiary/aromatic N) is 5. The number of nitrogens with two attached hydrogens (primary N) is 1. The monoisotopic (exact) mass is 296 g/mol. The predicted octanol–water partition coefficient (Wildman–Crippen LogP) is 1.63. The van der Waals surface area contributed by atoms with E-state index in [0.29, 0.717) is 24.2 Å². The van der Waals surface area contributed by atoms with Gasteiger partial charge in [-0.05, 0) is 12.8 Å². The Labute approximate surface area is 122 Å². The first-order valence-electron chi connectivity index (χ1n) is 6.71. The van der Waals surface area contributed by atoms with Crippen LogP contribution in [0.4, 0.5) is 0 Å². The molecule has 2 aromatic heterocycles. The van der Waals surface area contributed by atoms with Crippen LogP contribution >= 0.6 is 11.3 Å². The highest BCUT2D eigenvalue weighted by Crippen LogP contribution is 2.28. The van der Waals surface area contributed by atoms with E-state index in [4.69, 9.17) is 10.5 Å². The summed E-state index contributed by atoms with van der Waals surface area (Å²) < 4.78 is 6.84. The third-order valence-electron chi connectivity index (χ3n) is 3.25. The Morgan fingerprint density at radius 2 is 2.00 bits per heavy atom. The lowest BCUT2D eigenvalue weighted by Gasteiger charge is -2.13. The van der Waals surface area contributed by atoms with Crippen molar-refractivity contribution in [3.63, 3.8) is 0 Å². The molecule has 2 aromatic rings. The lowest BCUT2D eigenvalue weighted by Crippen LogP contribution is -2.10. The number of ether oxygens (including phenoxy) is 1. The Morgan fingerprint density at radius 3 is 2.60 bits per heavy atom. The van der Waals surface area contributed by atoms with Crippen molar-refractivity contribution in [3.8, 4) is 5.13 Å². The fraction of sp³-hybridized carbons (Fsp3) is 0.667. The molecular formula is C12H20N6OS. The molecule has 0 saturated carbocycles. The van der Waals surface area contributed by atoms with Gasteiger partial charge in [0.1, 0.15) is 17.3 Å². The van der Waals surface area contributed by atoms with Gasteiger partial charge in [-0.3, -0.25) is 0 Å². The van der Waals surface area contributed by atoms with Crippen molar-refractivity contribution < 1.29 is 4.74 Å². The van der Waals surface area contributed by atoms with Gasteiger partial charge in [0.15, 0.2) is 0 Å². The summed E-state index contributed by atoms with van der Waals surface area (Å²) in [5.41, 5.74) is 7.66. The molecule has 110 valence electrons. The molecule has 2 heterocycles. The summed E-state index contributed by atoms with van der Waals surface area (Å²) in [5, 5.41) is 18.2. The van der Waals surface area contributed by atoms with E-state index in [1.165, 1.54) is 11.3 Å². The molecular weight excluding hydrogens is 276 g/mol. The first-order chi connectivity index (χ1) is 9.74. The molecule has 0 bridgehead atoms. The standard InChI is InChI=1S/C12H20N6OS/c1-4-8(5-2)11-9(6-13)14-17-18(11)12-16-15-10(20-12)7-19-3/h8H,4-7,13H2,1-3H3. The molecule has 0 aliphatic carbocycles. The quantitative estimate of drug-likeness (QED) is 0.835. The van der Waals surface area contributed by atoms with E-state index in [1.54, 1.807) is 11.8 Å². The zero-order chi connectivity index (χ0) is 14.5. The minimum absolute atomic E-state index is 0.373. The first kappa shape index (κ1) is 15.0. The minimum atomic E-state index is 0.373. The second-order valence-corrected chi connectivity index (χ2v) is 5.50. The first-order valence-corrected chi connectivity index (χ1v) is 7.52. The maximum Gasteiger partial charge on any atom is 0.234 e. The van der Waals surface area contributed by atoms with Gasteiger partial charge in [-0.2, -0.15) is 4.68 Å². The average Bonchev–Trinajstić information content (AvgIpc) is 3.07. The van der Waals surface area contributed by atoms with Crippen LogP contribution in [0.5, 0.6) is 0 Å². The smallest absolute Gasteiger partial charge is 0.234 e. The summed E-state index contributed by atoms with van der Waals surface area (Å²) >= 11 is 1.46. The second-order valence-electron chi connectivity index (χ2n) is 4.46. The van der Waals surface area contributed by atoms with Crippen molar-refractivity contribution in [2.24, 2.45) is 5.73 Å². The lowest BCUT2D eigenvalue weighted by atomic mass is 9.97. The molecule has 0 fully saturated rings. The Kier molecular flexibility index (Phi) is 5.16. The fourth-order valence-electron chi connectivity index (χ4n) is 2.20. The number of aromatic nitrogens is 5. The zero-order valence-corrected chi connectivity index (χ0v) is 12.9. The average molecular weight is 296 g/mol. The summed E-state index contributed by atoms with van der Waals surface area (Å²) in [5.74, 6) is 0.373. The van der Waals surface area contributed by atoms with E-state index in [9.17, 15) is 0 Å². The molecule has 20 heavy (non-hydrogen) atoms. The molecule has 8 heteroatoms. The Balaban J connectivity index is 2.42. The van der Waals surface area contributed by atoms with Gasteiger partial charge in [0.2, 0.25) is 5.13 Å². The van der Waals surface area contributed by atoms with E-state index in [2.05, 4.69) is 34.4 Å². The number of hydrogen-bond donors (Lipinski definition) is 1. The number of methoxy groups -OCH3 is 1. The maximum absolute atomic E-state index is 5.77. The molecule has 0 spiro atoms. The third kappa shape index (κ3) is 2.87. The summed E-state index contributed by atoms with van der Waals surface area (Å²) in [6.45, 7) is 5.15. The van der Waals surface area contributed by atoms with E-state index in [0.717, 1.165) is 29.2 Å². The van der Waals surface area contributed by atoms with Gasteiger partial charge in [0.05, 0.1) is 5.69 Å². The van der Waals surface area contributed by atoms with E-state index in [1.807, 2.05) is 0 Å². The molecule has 0 aliphatic heterocycles. The van der Waals surface area contributed by atoms with Crippen molar-refractivity contribution in [3.05, 3.63) is 16.4 Å². The SMILES string of the molecule is CCC(CC)c1c(CN)nnn1-c1nnc(COC)s1. The number of rotatable bonds is 7. The van der Waals surface area contributed by atoms with Crippen LogP contribution in [0.15, 0.2) is 0 Å². The van der Waals surface area contributed by atoms with Crippen LogP contribution < -0.4 is 5.73 Å². The van der Waals surface area contributed by atoms with Crippen LogP contribution in [0.1, 0.15) is 49.0 Å². The molecule has 0 amide bonds. The minimum Gasteiger partial charge on any atom is -0.377 e. The van der Waals surface area contributed by atoms with Gasteiger partial charge in [0.25, 0.3) is 0 Å². The van der Waals surface area contributed by atoms with E-state index in [-0.39, 0.29) is 0 Å². The second kappa shape index (κ2) is 6.87.